The lowest BCUT2D eigenvalue weighted by atomic mass is 10.3. The highest BCUT2D eigenvalue weighted by Crippen LogP contribution is 2.25. The van der Waals surface area contributed by atoms with Crippen LogP contribution in [0.3, 0.4) is 0 Å². The van der Waals surface area contributed by atoms with Crippen LogP contribution >= 0.6 is 11.8 Å². The molecule has 0 aliphatic carbocycles. The molecule has 1 saturated heterocycles. The minimum Gasteiger partial charge on any atom is -0.482 e. The Bertz CT molecular complexity index is 443. The van der Waals surface area contributed by atoms with Gasteiger partial charge in [-0.3, -0.25) is 4.79 Å². The van der Waals surface area contributed by atoms with Crippen molar-refractivity contribution >= 4 is 23.4 Å². The summed E-state index contributed by atoms with van der Waals surface area (Å²) in [6.45, 7) is 5.94. The number of hydrogen-bond acceptors (Lipinski definition) is 4. The highest BCUT2D eigenvalue weighted by atomic mass is 32.2. The third kappa shape index (κ3) is 3.80. The molecule has 2 unspecified atom stereocenters. The molecule has 1 aliphatic rings. The van der Waals surface area contributed by atoms with Gasteiger partial charge in [0, 0.05) is 23.6 Å². The Morgan fingerprint density at radius 2 is 2.00 bits per heavy atom. The quantitative estimate of drug-likeness (QED) is 0.860. The van der Waals surface area contributed by atoms with Crippen molar-refractivity contribution in [3.05, 3.63) is 24.3 Å². The summed E-state index contributed by atoms with van der Waals surface area (Å²) in [5.41, 5.74) is 6.34. The highest BCUT2D eigenvalue weighted by Gasteiger charge is 2.25. The standard InChI is InChI=1S/C14H20N2O2S/c1-10-7-16(8-11(2)19-10)14(17)9-18-13-6-4-3-5-12(13)15/h3-6,10-11H,7-9,15H2,1-2H3. The molecular weight excluding hydrogens is 260 g/mol. The Morgan fingerprint density at radius 1 is 1.37 bits per heavy atom. The molecule has 19 heavy (non-hydrogen) atoms. The second-order valence-corrected chi connectivity index (χ2v) is 6.76. The van der Waals surface area contributed by atoms with E-state index in [1.807, 2.05) is 28.8 Å². The van der Waals surface area contributed by atoms with Crippen molar-refractivity contribution in [2.75, 3.05) is 25.4 Å². The predicted octanol–water partition coefficient (Wildman–Crippen LogP) is 2.00. The Kier molecular flexibility index (Phi) is 4.58. The van der Waals surface area contributed by atoms with Gasteiger partial charge in [-0.05, 0) is 12.1 Å². The first kappa shape index (κ1) is 14.1. The largest absolute Gasteiger partial charge is 0.482 e. The number of carbonyl (C=O) groups is 1. The van der Waals surface area contributed by atoms with E-state index >= 15 is 0 Å². The summed E-state index contributed by atoms with van der Waals surface area (Å²) in [6.07, 6.45) is 0. The number of rotatable bonds is 3. The Hall–Kier alpha value is -1.36. The van der Waals surface area contributed by atoms with Crippen LogP contribution in [0.1, 0.15) is 13.8 Å². The maximum atomic E-state index is 12.1. The highest BCUT2D eigenvalue weighted by molar-refractivity contribution is 8.00. The maximum Gasteiger partial charge on any atom is 0.260 e. The van der Waals surface area contributed by atoms with Gasteiger partial charge in [0.2, 0.25) is 0 Å². The first-order chi connectivity index (χ1) is 9.06. The molecule has 2 N–H and O–H groups in total. The van der Waals surface area contributed by atoms with Crippen molar-refractivity contribution in [3.63, 3.8) is 0 Å². The molecule has 0 bridgehead atoms. The molecule has 0 aromatic heterocycles. The summed E-state index contributed by atoms with van der Waals surface area (Å²) in [4.78, 5) is 14.0. The number of nitrogens with zero attached hydrogens (tertiary/aromatic N) is 1. The SMILES string of the molecule is CC1CN(C(=O)COc2ccccc2N)CC(C)S1. The third-order valence-electron chi connectivity index (χ3n) is 3.04. The molecule has 0 saturated carbocycles. The second-order valence-electron chi connectivity index (χ2n) is 4.88. The number of nitrogen functional groups attached to an aromatic ring is 1. The molecule has 1 aromatic carbocycles. The van der Waals surface area contributed by atoms with E-state index in [-0.39, 0.29) is 12.5 Å². The Morgan fingerprint density at radius 3 is 2.63 bits per heavy atom. The van der Waals surface area contributed by atoms with Crippen LogP contribution in [0, 0.1) is 0 Å². The summed E-state index contributed by atoms with van der Waals surface area (Å²) in [5, 5.41) is 0.962. The molecule has 5 heteroatoms. The van der Waals surface area contributed by atoms with Gasteiger partial charge in [-0.2, -0.15) is 11.8 Å². The van der Waals surface area contributed by atoms with Crippen molar-refractivity contribution in [1.29, 1.82) is 0 Å². The van der Waals surface area contributed by atoms with Gasteiger partial charge in [-0.15, -0.1) is 0 Å². The third-order valence-corrected chi connectivity index (χ3v) is 4.27. The smallest absolute Gasteiger partial charge is 0.260 e. The van der Waals surface area contributed by atoms with Crippen molar-refractivity contribution in [2.45, 2.75) is 24.3 Å². The fraction of sp³-hybridized carbons (Fsp3) is 0.500. The molecule has 1 aromatic rings. The van der Waals surface area contributed by atoms with Gasteiger partial charge in [0.25, 0.3) is 5.91 Å². The Balaban J connectivity index is 1.89. The van der Waals surface area contributed by atoms with E-state index in [4.69, 9.17) is 10.5 Å². The second kappa shape index (κ2) is 6.19. The summed E-state index contributed by atoms with van der Waals surface area (Å²) in [6, 6.07) is 7.23. The van der Waals surface area contributed by atoms with E-state index in [1.54, 1.807) is 12.1 Å². The topological polar surface area (TPSA) is 55.6 Å². The summed E-state index contributed by atoms with van der Waals surface area (Å²) in [7, 11) is 0. The molecule has 0 spiro atoms. The average molecular weight is 280 g/mol. The van der Waals surface area contributed by atoms with Crippen LogP contribution in [-0.2, 0) is 4.79 Å². The van der Waals surface area contributed by atoms with Gasteiger partial charge in [0.1, 0.15) is 5.75 Å². The minimum absolute atomic E-state index is 0.0299. The Labute approximate surface area is 118 Å². The molecular formula is C14H20N2O2S. The van der Waals surface area contributed by atoms with Crippen LogP contribution < -0.4 is 10.5 Å². The first-order valence-electron chi connectivity index (χ1n) is 6.47. The van der Waals surface area contributed by atoms with Crippen LogP contribution in [-0.4, -0.2) is 41.0 Å². The number of carbonyl (C=O) groups excluding carboxylic acids is 1. The van der Waals surface area contributed by atoms with E-state index in [1.165, 1.54) is 0 Å². The molecule has 2 rings (SSSR count). The lowest BCUT2D eigenvalue weighted by Gasteiger charge is -2.34. The van der Waals surface area contributed by atoms with Gasteiger partial charge in [-0.25, -0.2) is 0 Å². The van der Waals surface area contributed by atoms with Gasteiger partial charge in [0.15, 0.2) is 6.61 Å². The molecule has 2 atom stereocenters. The molecule has 4 nitrogen and oxygen atoms in total. The first-order valence-corrected chi connectivity index (χ1v) is 7.41. The zero-order valence-corrected chi connectivity index (χ0v) is 12.2. The normalized spacial score (nSPS) is 23.2. The van der Waals surface area contributed by atoms with E-state index in [0.717, 1.165) is 13.1 Å². The summed E-state index contributed by atoms with van der Waals surface area (Å²) >= 11 is 1.92. The van der Waals surface area contributed by atoms with Crippen LogP contribution in [0.4, 0.5) is 5.69 Å². The van der Waals surface area contributed by atoms with E-state index in [2.05, 4.69) is 13.8 Å². The number of thioether (sulfide) groups is 1. The lowest BCUT2D eigenvalue weighted by Crippen LogP contribution is -2.45. The fourth-order valence-electron chi connectivity index (χ4n) is 2.22. The number of benzene rings is 1. The number of nitrogens with two attached hydrogens (primary N) is 1. The van der Waals surface area contributed by atoms with E-state index < -0.39 is 0 Å². The van der Waals surface area contributed by atoms with Crippen LogP contribution in [0.2, 0.25) is 0 Å². The molecule has 1 aliphatic heterocycles. The fourth-order valence-corrected chi connectivity index (χ4v) is 3.55. The lowest BCUT2D eigenvalue weighted by molar-refractivity contribution is -0.133. The van der Waals surface area contributed by atoms with Crippen molar-refractivity contribution in [2.24, 2.45) is 0 Å². The van der Waals surface area contributed by atoms with Crippen LogP contribution in [0.15, 0.2) is 24.3 Å². The number of anilines is 1. The van der Waals surface area contributed by atoms with Gasteiger partial charge in [-0.1, -0.05) is 26.0 Å². The molecule has 1 heterocycles. The van der Waals surface area contributed by atoms with Crippen LogP contribution in [0.5, 0.6) is 5.75 Å². The number of amides is 1. The number of hydrogen-bond donors (Lipinski definition) is 1. The van der Waals surface area contributed by atoms with Gasteiger partial charge >= 0.3 is 0 Å². The average Bonchev–Trinajstić information content (AvgIpc) is 2.36. The molecule has 104 valence electrons. The van der Waals surface area contributed by atoms with Crippen molar-refractivity contribution in [1.82, 2.24) is 4.90 Å². The molecule has 1 amide bonds. The maximum absolute atomic E-state index is 12.1. The zero-order valence-electron chi connectivity index (χ0n) is 11.3. The zero-order chi connectivity index (χ0) is 13.8. The van der Waals surface area contributed by atoms with E-state index in [9.17, 15) is 4.79 Å². The summed E-state index contributed by atoms with van der Waals surface area (Å²) < 4.78 is 5.50. The van der Waals surface area contributed by atoms with Crippen molar-refractivity contribution < 1.29 is 9.53 Å². The van der Waals surface area contributed by atoms with E-state index in [0.29, 0.717) is 21.9 Å². The number of para-hydroxylation sites is 2. The monoisotopic (exact) mass is 280 g/mol. The number of ether oxygens (including phenoxy) is 1. The summed E-state index contributed by atoms with van der Waals surface area (Å²) in [5.74, 6) is 0.602. The van der Waals surface area contributed by atoms with Crippen molar-refractivity contribution in [3.8, 4) is 5.75 Å². The molecule has 0 radical (unpaired) electrons. The van der Waals surface area contributed by atoms with Gasteiger partial charge < -0.3 is 15.4 Å². The van der Waals surface area contributed by atoms with Crippen LogP contribution in [0.25, 0.3) is 0 Å². The molecule has 1 fully saturated rings. The van der Waals surface area contributed by atoms with Gasteiger partial charge in [0.05, 0.1) is 5.69 Å². The minimum atomic E-state index is 0.0299. The predicted molar refractivity (Wildman–Crippen MR) is 79.4 cm³/mol.